The molecule has 0 aliphatic carbocycles. The van der Waals surface area contributed by atoms with Gasteiger partial charge in [-0.1, -0.05) is 6.07 Å². The molecule has 0 spiro atoms. The molecule has 0 atom stereocenters. The van der Waals surface area contributed by atoms with E-state index in [4.69, 9.17) is 4.74 Å². The second kappa shape index (κ2) is 2.81. The van der Waals surface area contributed by atoms with Gasteiger partial charge in [-0.2, -0.15) is 0 Å². The van der Waals surface area contributed by atoms with Gasteiger partial charge >= 0.3 is 6.09 Å². The lowest BCUT2D eigenvalue weighted by Crippen LogP contribution is -2.24. The Morgan fingerprint density at radius 3 is 3.00 bits per heavy atom. The van der Waals surface area contributed by atoms with Crippen LogP contribution in [0.25, 0.3) is 0 Å². The van der Waals surface area contributed by atoms with Crippen LogP contribution >= 0.6 is 0 Å². The highest BCUT2D eigenvalue weighted by Gasteiger charge is 2.23. The van der Waals surface area contributed by atoms with E-state index in [1.807, 2.05) is 12.1 Å². The highest BCUT2D eigenvalue weighted by molar-refractivity contribution is 5.87. The largest absolute Gasteiger partial charge is 0.447 e. The van der Waals surface area contributed by atoms with Crippen LogP contribution in [0.3, 0.4) is 0 Å². The Balaban J connectivity index is 2.25. The number of nitrogens with zero attached hydrogens (tertiary/aromatic N) is 2. The van der Waals surface area contributed by atoms with Crippen LogP contribution in [0.2, 0.25) is 0 Å². The van der Waals surface area contributed by atoms with E-state index in [9.17, 15) is 4.79 Å². The zero-order valence-corrected chi connectivity index (χ0v) is 6.43. The third-order valence-corrected chi connectivity index (χ3v) is 1.69. The molecule has 1 aliphatic heterocycles. The number of pyridine rings is 1. The molecule has 4 nitrogen and oxygen atoms in total. The molecule has 0 radical (unpaired) electrons. The number of rotatable bonds is 1. The summed E-state index contributed by atoms with van der Waals surface area (Å²) in [7, 11) is 0. The van der Waals surface area contributed by atoms with Crippen molar-refractivity contribution in [1.29, 1.82) is 0 Å². The van der Waals surface area contributed by atoms with Gasteiger partial charge in [0.15, 0.2) is 0 Å². The molecule has 0 N–H and O–H groups in total. The third kappa shape index (κ3) is 1.11. The molecule has 1 amide bonds. The Hall–Kier alpha value is -1.58. The number of amides is 1. The number of cyclic esters (lactones) is 1. The normalized spacial score (nSPS) is 16.3. The van der Waals surface area contributed by atoms with Crippen LogP contribution in [0.4, 0.5) is 10.6 Å². The van der Waals surface area contributed by atoms with Gasteiger partial charge in [-0.3, -0.25) is 4.90 Å². The van der Waals surface area contributed by atoms with E-state index in [2.05, 4.69) is 4.98 Å². The predicted molar refractivity (Wildman–Crippen MR) is 42.9 cm³/mol. The van der Waals surface area contributed by atoms with E-state index < -0.39 is 0 Å². The minimum atomic E-state index is -0.311. The molecule has 1 saturated heterocycles. The van der Waals surface area contributed by atoms with Crippen molar-refractivity contribution in [3.05, 3.63) is 24.4 Å². The van der Waals surface area contributed by atoms with Crippen LogP contribution in [0.15, 0.2) is 24.4 Å². The highest BCUT2D eigenvalue weighted by Crippen LogP contribution is 2.13. The van der Waals surface area contributed by atoms with Crippen molar-refractivity contribution in [2.45, 2.75) is 0 Å². The molecule has 12 heavy (non-hydrogen) atoms. The number of carbonyl (C=O) groups excluding carboxylic acids is 1. The average molecular weight is 164 g/mol. The molecule has 0 unspecified atom stereocenters. The van der Waals surface area contributed by atoms with Crippen LogP contribution < -0.4 is 4.90 Å². The summed E-state index contributed by atoms with van der Waals surface area (Å²) in [6, 6.07) is 5.44. The van der Waals surface area contributed by atoms with Crippen LogP contribution in [0.1, 0.15) is 0 Å². The summed E-state index contributed by atoms with van der Waals surface area (Å²) in [5, 5.41) is 0. The fraction of sp³-hybridized carbons (Fsp3) is 0.250. The second-order valence-corrected chi connectivity index (χ2v) is 2.45. The summed E-state index contributed by atoms with van der Waals surface area (Å²) in [6.45, 7) is 1.05. The molecule has 2 rings (SSSR count). The zero-order valence-electron chi connectivity index (χ0n) is 6.43. The number of ether oxygens (including phenoxy) is 1. The molecule has 4 heteroatoms. The maximum atomic E-state index is 11.0. The number of hydrogen-bond acceptors (Lipinski definition) is 3. The molecule has 1 aromatic heterocycles. The lowest BCUT2D eigenvalue weighted by Gasteiger charge is -2.09. The minimum absolute atomic E-state index is 0.311. The summed E-state index contributed by atoms with van der Waals surface area (Å²) in [5.41, 5.74) is 0. The molecule has 1 fully saturated rings. The average Bonchev–Trinajstić information content (AvgIpc) is 2.53. The van der Waals surface area contributed by atoms with Gasteiger partial charge in [0, 0.05) is 6.20 Å². The second-order valence-electron chi connectivity index (χ2n) is 2.45. The summed E-state index contributed by atoms with van der Waals surface area (Å²) >= 11 is 0. The van der Waals surface area contributed by atoms with Crippen molar-refractivity contribution < 1.29 is 9.53 Å². The Morgan fingerprint density at radius 2 is 2.42 bits per heavy atom. The molecule has 2 heterocycles. The Bertz CT molecular complexity index is 286. The van der Waals surface area contributed by atoms with Crippen molar-refractivity contribution in [2.75, 3.05) is 18.1 Å². The first-order chi connectivity index (χ1) is 5.88. The van der Waals surface area contributed by atoms with Crippen molar-refractivity contribution in [3.63, 3.8) is 0 Å². The van der Waals surface area contributed by atoms with Crippen molar-refractivity contribution in [3.8, 4) is 0 Å². The molecular weight excluding hydrogens is 156 g/mol. The summed E-state index contributed by atoms with van der Waals surface area (Å²) in [6.07, 6.45) is 1.34. The summed E-state index contributed by atoms with van der Waals surface area (Å²) < 4.78 is 4.77. The highest BCUT2D eigenvalue weighted by atomic mass is 16.6. The fourth-order valence-electron chi connectivity index (χ4n) is 1.11. The lowest BCUT2D eigenvalue weighted by atomic mass is 10.4. The van der Waals surface area contributed by atoms with Gasteiger partial charge in [0.05, 0.1) is 6.54 Å². The number of carbonyl (C=O) groups is 1. The van der Waals surface area contributed by atoms with E-state index in [1.165, 1.54) is 4.90 Å². The van der Waals surface area contributed by atoms with Gasteiger partial charge in [-0.25, -0.2) is 9.78 Å². The first kappa shape index (κ1) is 7.09. The van der Waals surface area contributed by atoms with Crippen molar-refractivity contribution in [1.82, 2.24) is 4.98 Å². The van der Waals surface area contributed by atoms with Crippen LogP contribution in [0.5, 0.6) is 0 Å². The Morgan fingerprint density at radius 1 is 1.50 bits per heavy atom. The van der Waals surface area contributed by atoms with Gasteiger partial charge in [0.25, 0.3) is 0 Å². The van der Waals surface area contributed by atoms with E-state index >= 15 is 0 Å². The van der Waals surface area contributed by atoms with Gasteiger partial charge in [0.1, 0.15) is 12.4 Å². The summed E-state index contributed by atoms with van der Waals surface area (Å²) in [5.74, 6) is 0.653. The van der Waals surface area contributed by atoms with Crippen LogP contribution in [0, 0.1) is 0 Å². The molecule has 62 valence electrons. The molecule has 0 aromatic carbocycles. The smallest absolute Gasteiger partial charge is 0.415 e. The van der Waals surface area contributed by atoms with E-state index in [-0.39, 0.29) is 6.09 Å². The van der Waals surface area contributed by atoms with E-state index in [1.54, 1.807) is 12.3 Å². The molecule has 0 saturated carbocycles. The lowest BCUT2D eigenvalue weighted by molar-refractivity contribution is 0.181. The molecule has 1 aliphatic rings. The monoisotopic (exact) mass is 164 g/mol. The Kier molecular flexibility index (Phi) is 1.66. The molecule has 1 aromatic rings. The van der Waals surface area contributed by atoms with E-state index in [0.717, 1.165) is 0 Å². The Labute approximate surface area is 69.8 Å². The van der Waals surface area contributed by atoms with Gasteiger partial charge in [-0.15, -0.1) is 0 Å². The van der Waals surface area contributed by atoms with Crippen LogP contribution in [-0.2, 0) is 4.74 Å². The zero-order chi connectivity index (χ0) is 8.39. The van der Waals surface area contributed by atoms with Gasteiger partial charge in [0.2, 0.25) is 0 Å². The van der Waals surface area contributed by atoms with Crippen molar-refractivity contribution in [2.24, 2.45) is 0 Å². The topological polar surface area (TPSA) is 42.4 Å². The minimum Gasteiger partial charge on any atom is -0.447 e. The number of anilines is 1. The van der Waals surface area contributed by atoms with Crippen molar-refractivity contribution >= 4 is 11.9 Å². The predicted octanol–water partition coefficient (Wildman–Crippen LogP) is 1.04. The fourth-order valence-corrected chi connectivity index (χ4v) is 1.11. The first-order valence-corrected chi connectivity index (χ1v) is 3.73. The first-order valence-electron chi connectivity index (χ1n) is 3.73. The number of hydrogen-bond donors (Lipinski definition) is 0. The SMILES string of the molecule is O=C1OCCN1c1ccccn1. The number of aromatic nitrogens is 1. The van der Waals surface area contributed by atoms with E-state index in [0.29, 0.717) is 19.0 Å². The molecular formula is C8H8N2O2. The maximum absolute atomic E-state index is 11.0. The van der Waals surface area contributed by atoms with Crippen LogP contribution in [-0.4, -0.2) is 24.2 Å². The standard InChI is InChI=1S/C8H8N2O2/c11-8-10(5-6-12-8)7-3-1-2-4-9-7/h1-4H,5-6H2. The quantitative estimate of drug-likeness (QED) is 0.622. The summed E-state index contributed by atoms with van der Waals surface area (Å²) in [4.78, 5) is 16.6. The van der Waals surface area contributed by atoms with Gasteiger partial charge < -0.3 is 4.74 Å². The van der Waals surface area contributed by atoms with Gasteiger partial charge in [-0.05, 0) is 12.1 Å². The third-order valence-electron chi connectivity index (χ3n) is 1.69. The maximum Gasteiger partial charge on any atom is 0.415 e. The molecule has 0 bridgehead atoms.